The van der Waals surface area contributed by atoms with E-state index in [9.17, 15) is 4.79 Å². The van der Waals surface area contributed by atoms with E-state index in [1.54, 1.807) is 0 Å². The Balaban J connectivity index is 2.18. The summed E-state index contributed by atoms with van der Waals surface area (Å²) in [6, 6.07) is 15.7. The van der Waals surface area contributed by atoms with Gasteiger partial charge in [0.05, 0.1) is 11.6 Å². The largest absolute Gasteiger partial charge is 0.345 e. The van der Waals surface area contributed by atoms with E-state index in [-0.39, 0.29) is 11.9 Å². The molecule has 0 heterocycles. The molecule has 0 radical (unpaired) electrons. The molecule has 1 amide bonds. The molecule has 0 spiro atoms. The lowest BCUT2D eigenvalue weighted by Crippen LogP contribution is -2.28. The fourth-order valence-electron chi connectivity index (χ4n) is 2.21. The molecular weight excluding hydrogens is 394 g/mol. The van der Waals surface area contributed by atoms with Crippen LogP contribution in [0.2, 0.25) is 0 Å². The molecule has 2 aromatic rings. The first-order valence-corrected chi connectivity index (χ1v) is 8.51. The van der Waals surface area contributed by atoms with Crippen LogP contribution >= 0.6 is 31.9 Å². The number of hydrogen-bond acceptors (Lipinski definition) is 1. The normalized spacial score (nSPS) is 12.0. The van der Waals surface area contributed by atoms with Crippen molar-refractivity contribution in [3.05, 3.63) is 68.6 Å². The topological polar surface area (TPSA) is 29.1 Å². The van der Waals surface area contributed by atoms with E-state index in [0.717, 1.165) is 27.4 Å². The number of hydrogen-bond donors (Lipinski definition) is 1. The summed E-state index contributed by atoms with van der Waals surface area (Å²) in [6.07, 6.45) is 1.94. The Morgan fingerprint density at radius 1 is 1.14 bits per heavy atom. The smallest absolute Gasteiger partial charge is 0.252 e. The van der Waals surface area contributed by atoms with Crippen LogP contribution in [0.4, 0.5) is 0 Å². The second-order valence-corrected chi connectivity index (χ2v) is 6.62. The Hall–Kier alpha value is -1.13. The van der Waals surface area contributed by atoms with Gasteiger partial charge in [0.1, 0.15) is 0 Å². The number of benzene rings is 2. The van der Waals surface area contributed by atoms with Gasteiger partial charge in [0.25, 0.3) is 5.91 Å². The van der Waals surface area contributed by atoms with Gasteiger partial charge in [-0.3, -0.25) is 4.79 Å². The summed E-state index contributed by atoms with van der Waals surface area (Å²) in [5.41, 5.74) is 1.79. The Morgan fingerprint density at radius 2 is 1.86 bits per heavy atom. The zero-order chi connectivity index (χ0) is 15.2. The Labute approximate surface area is 142 Å². The average molecular weight is 411 g/mol. The molecule has 4 heteroatoms. The lowest BCUT2D eigenvalue weighted by molar-refractivity contribution is 0.0933. The predicted molar refractivity (Wildman–Crippen MR) is 93.4 cm³/mol. The van der Waals surface area contributed by atoms with Crippen molar-refractivity contribution in [3.63, 3.8) is 0 Å². The lowest BCUT2D eigenvalue weighted by Gasteiger charge is -2.19. The molecule has 110 valence electrons. The molecule has 0 fully saturated rings. The van der Waals surface area contributed by atoms with Gasteiger partial charge in [-0.1, -0.05) is 59.6 Å². The van der Waals surface area contributed by atoms with Crippen molar-refractivity contribution < 1.29 is 4.79 Å². The molecule has 0 aromatic heterocycles. The maximum Gasteiger partial charge on any atom is 0.252 e. The Morgan fingerprint density at radius 3 is 2.48 bits per heavy atom. The number of rotatable bonds is 5. The molecule has 0 saturated carbocycles. The summed E-state index contributed by atoms with van der Waals surface area (Å²) < 4.78 is 1.73. The van der Waals surface area contributed by atoms with Gasteiger partial charge in [-0.05, 0) is 46.1 Å². The Bertz CT molecular complexity index is 613. The molecule has 1 N–H and O–H groups in total. The van der Waals surface area contributed by atoms with E-state index in [0.29, 0.717) is 5.56 Å². The lowest BCUT2D eigenvalue weighted by atomic mass is 10.0. The standard InChI is InChI=1S/C17H17Br2NO/c1-2-6-16(12-7-4-3-5-8-12)20-17(21)14-10-9-13(18)11-15(14)19/h3-5,7-11,16H,2,6H2,1H3,(H,20,21). The van der Waals surface area contributed by atoms with Gasteiger partial charge in [0.2, 0.25) is 0 Å². The average Bonchev–Trinajstić information content (AvgIpc) is 2.47. The third-order valence-corrected chi connectivity index (χ3v) is 4.41. The van der Waals surface area contributed by atoms with Crippen LogP contribution in [0.5, 0.6) is 0 Å². The highest BCUT2D eigenvalue weighted by molar-refractivity contribution is 9.11. The van der Waals surface area contributed by atoms with Crippen LogP contribution in [-0.4, -0.2) is 5.91 Å². The van der Waals surface area contributed by atoms with E-state index in [2.05, 4.69) is 56.2 Å². The SMILES string of the molecule is CCCC(NC(=O)c1ccc(Br)cc1Br)c1ccccc1. The first-order chi connectivity index (χ1) is 10.1. The van der Waals surface area contributed by atoms with Crippen molar-refractivity contribution in [2.75, 3.05) is 0 Å². The van der Waals surface area contributed by atoms with Crippen LogP contribution in [-0.2, 0) is 0 Å². The molecule has 21 heavy (non-hydrogen) atoms. The Kier molecular flexibility index (Phi) is 6.00. The van der Waals surface area contributed by atoms with Crippen LogP contribution in [0.15, 0.2) is 57.5 Å². The fraction of sp³-hybridized carbons (Fsp3) is 0.235. The van der Waals surface area contributed by atoms with Gasteiger partial charge in [-0.15, -0.1) is 0 Å². The predicted octanol–water partition coefficient (Wildman–Crippen LogP) is 5.48. The van der Waals surface area contributed by atoms with E-state index in [1.165, 1.54) is 0 Å². The van der Waals surface area contributed by atoms with Crippen LogP contribution in [0.1, 0.15) is 41.7 Å². The van der Waals surface area contributed by atoms with Gasteiger partial charge in [0.15, 0.2) is 0 Å². The number of nitrogens with one attached hydrogen (secondary N) is 1. The van der Waals surface area contributed by atoms with E-state index in [1.807, 2.05) is 36.4 Å². The first-order valence-electron chi connectivity index (χ1n) is 6.92. The maximum atomic E-state index is 12.5. The summed E-state index contributed by atoms with van der Waals surface area (Å²) in [5, 5.41) is 3.13. The van der Waals surface area contributed by atoms with Gasteiger partial charge in [-0.25, -0.2) is 0 Å². The quantitative estimate of drug-likeness (QED) is 0.694. The maximum absolute atomic E-state index is 12.5. The third-order valence-electron chi connectivity index (χ3n) is 3.26. The van der Waals surface area contributed by atoms with E-state index < -0.39 is 0 Å². The summed E-state index contributed by atoms with van der Waals surface area (Å²) >= 11 is 6.84. The molecule has 0 saturated heterocycles. The molecule has 0 aliphatic heterocycles. The molecule has 2 nitrogen and oxygen atoms in total. The minimum Gasteiger partial charge on any atom is -0.345 e. The number of carbonyl (C=O) groups excluding carboxylic acids is 1. The third kappa shape index (κ3) is 4.42. The van der Waals surface area contributed by atoms with Crippen molar-refractivity contribution in [3.8, 4) is 0 Å². The summed E-state index contributed by atoms with van der Waals surface area (Å²) in [7, 11) is 0. The van der Waals surface area contributed by atoms with Crippen molar-refractivity contribution in [1.29, 1.82) is 0 Å². The van der Waals surface area contributed by atoms with Crippen LogP contribution in [0, 0.1) is 0 Å². The van der Waals surface area contributed by atoms with Gasteiger partial charge < -0.3 is 5.32 Å². The number of carbonyl (C=O) groups is 1. The van der Waals surface area contributed by atoms with Gasteiger partial charge in [0, 0.05) is 8.95 Å². The number of halogens is 2. The van der Waals surface area contributed by atoms with Crippen molar-refractivity contribution >= 4 is 37.8 Å². The fourth-order valence-corrected chi connectivity index (χ4v) is 3.43. The number of amides is 1. The second-order valence-electron chi connectivity index (χ2n) is 4.85. The van der Waals surface area contributed by atoms with Crippen molar-refractivity contribution in [2.45, 2.75) is 25.8 Å². The molecule has 2 rings (SSSR count). The highest BCUT2D eigenvalue weighted by atomic mass is 79.9. The van der Waals surface area contributed by atoms with Gasteiger partial charge >= 0.3 is 0 Å². The van der Waals surface area contributed by atoms with E-state index >= 15 is 0 Å². The highest BCUT2D eigenvalue weighted by Crippen LogP contribution is 2.24. The first kappa shape index (κ1) is 16.2. The summed E-state index contributed by atoms with van der Waals surface area (Å²) in [6.45, 7) is 2.12. The van der Waals surface area contributed by atoms with Crippen LogP contribution in [0.25, 0.3) is 0 Å². The monoisotopic (exact) mass is 409 g/mol. The van der Waals surface area contributed by atoms with Crippen LogP contribution in [0.3, 0.4) is 0 Å². The molecule has 1 unspecified atom stereocenters. The molecule has 1 atom stereocenters. The zero-order valence-electron chi connectivity index (χ0n) is 11.8. The molecule has 0 aliphatic rings. The summed E-state index contributed by atoms with van der Waals surface area (Å²) in [5.74, 6) is -0.0586. The van der Waals surface area contributed by atoms with Gasteiger partial charge in [-0.2, -0.15) is 0 Å². The minimum absolute atomic E-state index is 0.0410. The second kappa shape index (κ2) is 7.76. The minimum atomic E-state index is -0.0586. The summed E-state index contributed by atoms with van der Waals surface area (Å²) in [4.78, 5) is 12.5. The zero-order valence-corrected chi connectivity index (χ0v) is 14.9. The highest BCUT2D eigenvalue weighted by Gasteiger charge is 2.16. The van der Waals surface area contributed by atoms with Crippen LogP contribution < -0.4 is 5.32 Å². The molecule has 0 aliphatic carbocycles. The molecule has 2 aromatic carbocycles. The van der Waals surface area contributed by atoms with Crippen molar-refractivity contribution in [1.82, 2.24) is 5.32 Å². The molecule has 0 bridgehead atoms. The molecular formula is C17H17Br2NO. The van der Waals surface area contributed by atoms with Crippen molar-refractivity contribution in [2.24, 2.45) is 0 Å². The van der Waals surface area contributed by atoms with E-state index in [4.69, 9.17) is 0 Å².